The first-order valence-electron chi connectivity index (χ1n) is 10.9. The van der Waals surface area contributed by atoms with Crippen molar-refractivity contribution in [2.45, 2.75) is 52.0 Å². The molecule has 4 rings (SSSR count). The number of hydrogen-bond donors (Lipinski definition) is 2. The maximum absolute atomic E-state index is 12.9. The summed E-state index contributed by atoms with van der Waals surface area (Å²) in [7, 11) is 0. The van der Waals surface area contributed by atoms with E-state index in [9.17, 15) is 4.79 Å². The predicted octanol–water partition coefficient (Wildman–Crippen LogP) is 3.52. The second-order valence-corrected chi connectivity index (χ2v) is 8.69. The van der Waals surface area contributed by atoms with Crippen LogP contribution in [0.3, 0.4) is 0 Å². The molecule has 2 aliphatic rings. The molecule has 1 unspecified atom stereocenters. The van der Waals surface area contributed by atoms with E-state index in [0.717, 1.165) is 56.6 Å². The number of aromatic nitrogens is 1. The molecule has 0 saturated carbocycles. The van der Waals surface area contributed by atoms with Crippen molar-refractivity contribution in [2.24, 2.45) is 5.92 Å². The number of ether oxygens (including phenoxy) is 1. The summed E-state index contributed by atoms with van der Waals surface area (Å²) in [6.45, 7) is 8.68. The monoisotopic (exact) mass is 383 g/mol. The van der Waals surface area contributed by atoms with Crippen molar-refractivity contribution in [1.29, 1.82) is 0 Å². The number of H-pyrrole nitrogens is 1. The highest BCUT2D eigenvalue weighted by molar-refractivity contribution is 5.99. The minimum Gasteiger partial charge on any atom is -0.379 e. The second kappa shape index (κ2) is 8.66. The molecule has 5 heteroatoms. The molecule has 5 nitrogen and oxygen atoms in total. The quantitative estimate of drug-likeness (QED) is 0.802. The molecule has 0 bridgehead atoms. The average Bonchev–Trinajstić information content (AvgIpc) is 3.09. The average molecular weight is 384 g/mol. The van der Waals surface area contributed by atoms with Gasteiger partial charge < -0.3 is 15.0 Å². The topological polar surface area (TPSA) is 57.4 Å². The molecule has 2 heterocycles. The molecule has 1 fully saturated rings. The smallest absolute Gasteiger partial charge is 0.251 e. The molecule has 1 aromatic carbocycles. The lowest BCUT2D eigenvalue weighted by atomic mass is 9.95. The summed E-state index contributed by atoms with van der Waals surface area (Å²) < 4.78 is 5.50. The number of aromatic amines is 1. The third-order valence-corrected chi connectivity index (χ3v) is 6.16. The van der Waals surface area contributed by atoms with Gasteiger partial charge in [-0.15, -0.1) is 0 Å². The van der Waals surface area contributed by atoms with Gasteiger partial charge in [-0.1, -0.05) is 13.8 Å². The minimum absolute atomic E-state index is 0.0367. The van der Waals surface area contributed by atoms with E-state index in [1.54, 1.807) is 0 Å². The maximum Gasteiger partial charge on any atom is 0.251 e. The molecule has 152 valence electrons. The van der Waals surface area contributed by atoms with Crippen LogP contribution in [0.2, 0.25) is 0 Å². The summed E-state index contributed by atoms with van der Waals surface area (Å²) in [5, 5.41) is 4.44. The standard InChI is InChI=1S/C23H33N3O2/c1-16(2)13-18(26-9-11-28-12-10-26)15-24-23(27)17-7-8-22-20(14-17)19-5-3-4-6-21(19)25-22/h7-8,14,16,18,25H,3-6,9-13,15H2,1-2H3,(H,24,27). The Hall–Kier alpha value is -1.85. The van der Waals surface area contributed by atoms with Crippen molar-refractivity contribution in [3.63, 3.8) is 0 Å². The number of carbonyl (C=O) groups excluding carboxylic acids is 1. The molecule has 0 spiro atoms. The first kappa shape index (κ1) is 19.5. The van der Waals surface area contributed by atoms with Crippen LogP contribution in [0, 0.1) is 5.92 Å². The molecule has 0 radical (unpaired) electrons. The first-order valence-corrected chi connectivity index (χ1v) is 10.9. The van der Waals surface area contributed by atoms with Gasteiger partial charge in [0, 0.05) is 47.8 Å². The third-order valence-electron chi connectivity index (χ3n) is 6.16. The van der Waals surface area contributed by atoms with Crippen molar-refractivity contribution in [3.8, 4) is 0 Å². The summed E-state index contributed by atoms with van der Waals surface area (Å²) in [6.07, 6.45) is 5.83. The van der Waals surface area contributed by atoms with Gasteiger partial charge in [-0.3, -0.25) is 9.69 Å². The highest BCUT2D eigenvalue weighted by atomic mass is 16.5. The zero-order valence-electron chi connectivity index (χ0n) is 17.2. The van der Waals surface area contributed by atoms with E-state index >= 15 is 0 Å². The summed E-state index contributed by atoms with van der Waals surface area (Å²) in [4.78, 5) is 18.9. The van der Waals surface area contributed by atoms with E-state index in [0.29, 0.717) is 18.5 Å². The van der Waals surface area contributed by atoms with Crippen molar-refractivity contribution < 1.29 is 9.53 Å². The summed E-state index contributed by atoms with van der Waals surface area (Å²) in [5.74, 6) is 0.641. The van der Waals surface area contributed by atoms with Gasteiger partial charge in [0.05, 0.1) is 13.2 Å². The number of nitrogens with one attached hydrogen (secondary N) is 2. The normalized spacial score (nSPS) is 19.0. The molecule has 1 aliphatic heterocycles. The number of aryl methyl sites for hydroxylation is 2. The summed E-state index contributed by atoms with van der Waals surface area (Å²) >= 11 is 0. The number of hydrogen-bond acceptors (Lipinski definition) is 3. The van der Waals surface area contributed by atoms with Crippen LogP contribution in [0.15, 0.2) is 18.2 Å². The number of benzene rings is 1. The number of amides is 1. The minimum atomic E-state index is 0.0367. The van der Waals surface area contributed by atoms with Crippen molar-refractivity contribution in [1.82, 2.24) is 15.2 Å². The Bertz CT molecular complexity index is 821. The van der Waals surface area contributed by atoms with Gasteiger partial charge in [-0.25, -0.2) is 0 Å². The zero-order valence-corrected chi connectivity index (χ0v) is 17.2. The Balaban J connectivity index is 1.46. The van der Waals surface area contributed by atoms with Crippen molar-refractivity contribution in [3.05, 3.63) is 35.0 Å². The Morgan fingerprint density at radius 3 is 2.79 bits per heavy atom. The van der Waals surface area contributed by atoms with Crippen LogP contribution in [0.4, 0.5) is 0 Å². The zero-order chi connectivity index (χ0) is 19.5. The van der Waals surface area contributed by atoms with E-state index in [2.05, 4.69) is 41.2 Å². The number of nitrogens with zero attached hydrogens (tertiary/aromatic N) is 1. The van der Waals surface area contributed by atoms with Crippen LogP contribution in [-0.4, -0.2) is 54.7 Å². The predicted molar refractivity (Wildman–Crippen MR) is 113 cm³/mol. The van der Waals surface area contributed by atoms with Gasteiger partial charge in [0.25, 0.3) is 5.91 Å². The fourth-order valence-corrected chi connectivity index (χ4v) is 4.71. The molecule has 2 N–H and O–H groups in total. The lowest BCUT2D eigenvalue weighted by Gasteiger charge is -2.35. The summed E-state index contributed by atoms with van der Waals surface area (Å²) in [5.41, 5.74) is 4.71. The van der Waals surface area contributed by atoms with E-state index in [-0.39, 0.29) is 5.91 Å². The fraction of sp³-hybridized carbons (Fsp3) is 0.609. The Morgan fingerprint density at radius 1 is 1.21 bits per heavy atom. The van der Waals surface area contributed by atoms with Gasteiger partial charge in [0.1, 0.15) is 0 Å². The molecule has 28 heavy (non-hydrogen) atoms. The number of carbonyl (C=O) groups is 1. The van der Waals surface area contributed by atoms with E-state index in [4.69, 9.17) is 4.74 Å². The fourth-order valence-electron chi connectivity index (χ4n) is 4.71. The largest absolute Gasteiger partial charge is 0.379 e. The van der Waals surface area contributed by atoms with E-state index < -0.39 is 0 Å². The molecule has 1 amide bonds. The third kappa shape index (κ3) is 4.26. The van der Waals surface area contributed by atoms with Crippen LogP contribution in [0.5, 0.6) is 0 Å². The van der Waals surface area contributed by atoms with Crippen LogP contribution >= 0.6 is 0 Å². The molecule has 1 atom stereocenters. The number of fused-ring (bicyclic) bond motifs is 3. The summed E-state index contributed by atoms with van der Waals surface area (Å²) in [6, 6.07) is 6.47. The van der Waals surface area contributed by atoms with Crippen LogP contribution < -0.4 is 5.32 Å². The van der Waals surface area contributed by atoms with Crippen LogP contribution in [-0.2, 0) is 17.6 Å². The Morgan fingerprint density at radius 2 is 2.00 bits per heavy atom. The first-order chi connectivity index (χ1) is 13.6. The molecule has 2 aromatic rings. The maximum atomic E-state index is 12.9. The van der Waals surface area contributed by atoms with Gasteiger partial charge in [-0.05, 0) is 61.8 Å². The van der Waals surface area contributed by atoms with E-state index in [1.165, 1.54) is 29.5 Å². The van der Waals surface area contributed by atoms with Gasteiger partial charge in [0.15, 0.2) is 0 Å². The highest BCUT2D eigenvalue weighted by Crippen LogP contribution is 2.29. The van der Waals surface area contributed by atoms with Crippen LogP contribution in [0.25, 0.3) is 10.9 Å². The molecule has 1 aromatic heterocycles. The molecule has 1 saturated heterocycles. The molecular formula is C23H33N3O2. The van der Waals surface area contributed by atoms with E-state index in [1.807, 2.05) is 6.07 Å². The van der Waals surface area contributed by atoms with Gasteiger partial charge in [0.2, 0.25) is 0 Å². The number of morpholine rings is 1. The van der Waals surface area contributed by atoms with Crippen molar-refractivity contribution in [2.75, 3.05) is 32.8 Å². The lowest BCUT2D eigenvalue weighted by molar-refractivity contribution is 0.0124. The second-order valence-electron chi connectivity index (χ2n) is 8.69. The van der Waals surface area contributed by atoms with Crippen LogP contribution in [0.1, 0.15) is 54.7 Å². The highest BCUT2D eigenvalue weighted by Gasteiger charge is 2.23. The SMILES string of the molecule is CC(C)CC(CNC(=O)c1ccc2[nH]c3c(c2c1)CCCC3)N1CCOCC1. The van der Waals surface area contributed by atoms with Gasteiger partial charge >= 0.3 is 0 Å². The Kier molecular flexibility index (Phi) is 6.02. The van der Waals surface area contributed by atoms with Crippen molar-refractivity contribution >= 4 is 16.8 Å². The molecular weight excluding hydrogens is 350 g/mol. The number of rotatable bonds is 6. The lowest BCUT2D eigenvalue weighted by Crippen LogP contribution is -2.49. The Labute approximate surface area is 167 Å². The molecule has 1 aliphatic carbocycles. The van der Waals surface area contributed by atoms with Gasteiger partial charge in [-0.2, -0.15) is 0 Å².